The molecule has 1 aromatic carbocycles. The van der Waals surface area contributed by atoms with E-state index in [4.69, 9.17) is 9.15 Å². The molecule has 2 aromatic heterocycles. The van der Waals surface area contributed by atoms with Crippen LogP contribution < -0.4 is 15.4 Å². The number of nitrogens with zero attached hydrogens (tertiary/aromatic N) is 2. The number of hydrogen-bond acceptors (Lipinski definition) is 6. The van der Waals surface area contributed by atoms with Gasteiger partial charge in [0.15, 0.2) is 0 Å². The van der Waals surface area contributed by atoms with E-state index in [-0.39, 0.29) is 5.91 Å². The van der Waals surface area contributed by atoms with Gasteiger partial charge in [0.05, 0.1) is 19.9 Å². The van der Waals surface area contributed by atoms with E-state index in [1.54, 1.807) is 31.6 Å². The minimum Gasteiger partial charge on any atom is -0.497 e. The zero-order valence-electron chi connectivity index (χ0n) is 14.4. The molecule has 0 spiro atoms. The van der Waals surface area contributed by atoms with Crippen LogP contribution in [-0.4, -0.2) is 29.5 Å². The van der Waals surface area contributed by atoms with Gasteiger partial charge in [0.1, 0.15) is 29.3 Å². The van der Waals surface area contributed by atoms with Crippen molar-refractivity contribution in [2.45, 2.75) is 13.0 Å². The van der Waals surface area contributed by atoms with Gasteiger partial charge in [0.25, 0.3) is 5.91 Å². The summed E-state index contributed by atoms with van der Waals surface area (Å²) in [6.07, 6.45) is 3.74. The number of carbonyl (C=O) groups is 1. The molecule has 3 aromatic rings. The number of furan rings is 1. The maximum atomic E-state index is 12.2. The first kappa shape index (κ1) is 17.5. The van der Waals surface area contributed by atoms with Gasteiger partial charge in [-0.15, -0.1) is 0 Å². The second kappa shape index (κ2) is 8.66. The van der Waals surface area contributed by atoms with Gasteiger partial charge in [0.2, 0.25) is 0 Å². The van der Waals surface area contributed by atoms with Crippen molar-refractivity contribution in [3.8, 4) is 5.75 Å². The van der Waals surface area contributed by atoms with E-state index >= 15 is 0 Å². The molecule has 134 valence electrons. The highest BCUT2D eigenvalue weighted by Crippen LogP contribution is 2.13. The Balaban J connectivity index is 1.52. The lowest BCUT2D eigenvalue weighted by Gasteiger charge is -2.08. The molecule has 0 atom stereocenters. The summed E-state index contributed by atoms with van der Waals surface area (Å²) in [7, 11) is 1.65. The molecule has 26 heavy (non-hydrogen) atoms. The van der Waals surface area contributed by atoms with E-state index in [9.17, 15) is 4.79 Å². The highest BCUT2D eigenvalue weighted by Gasteiger charge is 2.09. The predicted molar refractivity (Wildman–Crippen MR) is 97.1 cm³/mol. The zero-order chi connectivity index (χ0) is 18.2. The Bertz CT molecular complexity index is 850. The van der Waals surface area contributed by atoms with Gasteiger partial charge in [-0.25, -0.2) is 9.97 Å². The minimum atomic E-state index is -0.278. The molecule has 0 bridgehead atoms. The second-order valence-electron chi connectivity index (χ2n) is 5.58. The smallest absolute Gasteiger partial charge is 0.270 e. The van der Waals surface area contributed by atoms with Crippen LogP contribution in [0, 0.1) is 0 Å². The van der Waals surface area contributed by atoms with Crippen LogP contribution in [0.2, 0.25) is 0 Å². The van der Waals surface area contributed by atoms with Crippen LogP contribution in [-0.2, 0) is 13.0 Å². The first-order valence-electron chi connectivity index (χ1n) is 8.24. The maximum absolute atomic E-state index is 12.2. The standard InChI is InChI=1S/C19H20N4O3/c1-25-15-5-2-4-14(10-15)7-8-20-18-11-17(22-13-23-18)19(24)21-12-16-6-3-9-26-16/h2-6,9-11,13H,7-8,12H2,1H3,(H,21,24)(H,20,22,23). The van der Waals surface area contributed by atoms with E-state index in [0.29, 0.717) is 30.4 Å². The van der Waals surface area contributed by atoms with Gasteiger partial charge in [-0.1, -0.05) is 12.1 Å². The van der Waals surface area contributed by atoms with Gasteiger partial charge >= 0.3 is 0 Å². The highest BCUT2D eigenvalue weighted by atomic mass is 16.5. The lowest BCUT2D eigenvalue weighted by Crippen LogP contribution is -2.24. The Kier molecular flexibility index (Phi) is 5.82. The average Bonchev–Trinajstić information content (AvgIpc) is 3.20. The Morgan fingerprint density at radius 3 is 2.92 bits per heavy atom. The predicted octanol–water partition coefficient (Wildman–Crippen LogP) is 2.66. The van der Waals surface area contributed by atoms with E-state index in [1.807, 2.05) is 24.3 Å². The van der Waals surface area contributed by atoms with Crippen molar-refractivity contribution >= 4 is 11.7 Å². The van der Waals surface area contributed by atoms with Crippen LogP contribution >= 0.6 is 0 Å². The van der Waals surface area contributed by atoms with Gasteiger partial charge in [-0.3, -0.25) is 4.79 Å². The number of amides is 1. The van der Waals surface area contributed by atoms with Crippen LogP contribution in [0.1, 0.15) is 21.8 Å². The number of ether oxygens (including phenoxy) is 1. The number of aromatic nitrogens is 2. The molecule has 2 N–H and O–H groups in total. The average molecular weight is 352 g/mol. The van der Waals surface area contributed by atoms with Gasteiger partial charge in [-0.2, -0.15) is 0 Å². The summed E-state index contributed by atoms with van der Waals surface area (Å²) in [5.74, 6) is 1.84. The lowest BCUT2D eigenvalue weighted by molar-refractivity contribution is 0.0943. The largest absolute Gasteiger partial charge is 0.497 e. The Morgan fingerprint density at radius 2 is 2.12 bits per heavy atom. The quantitative estimate of drug-likeness (QED) is 0.648. The molecule has 0 unspecified atom stereocenters. The SMILES string of the molecule is COc1cccc(CCNc2cc(C(=O)NCc3ccco3)ncn2)c1. The Labute approximate surface area is 151 Å². The fraction of sp³-hybridized carbons (Fsp3) is 0.211. The van der Waals surface area contributed by atoms with Crippen LogP contribution in [0.25, 0.3) is 0 Å². The zero-order valence-corrected chi connectivity index (χ0v) is 14.4. The molecule has 0 aliphatic rings. The fourth-order valence-corrected chi connectivity index (χ4v) is 2.41. The summed E-state index contributed by atoms with van der Waals surface area (Å²) in [5.41, 5.74) is 1.46. The Hall–Kier alpha value is -3.35. The van der Waals surface area contributed by atoms with Crippen LogP contribution in [0.4, 0.5) is 5.82 Å². The molecular formula is C19H20N4O3. The van der Waals surface area contributed by atoms with E-state index in [1.165, 1.54) is 6.33 Å². The monoisotopic (exact) mass is 352 g/mol. The first-order chi connectivity index (χ1) is 12.7. The van der Waals surface area contributed by atoms with Crippen molar-refractivity contribution in [1.82, 2.24) is 15.3 Å². The van der Waals surface area contributed by atoms with Crippen molar-refractivity contribution in [2.75, 3.05) is 19.0 Å². The number of nitrogens with one attached hydrogen (secondary N) is 2. The molecule has 3 rings (SSSR count). The summed E-state index contributed by atoms with van der Waals surface area (Å²) in [6.45, 7) is 0.992. The number of hydrogen-bond donors (Lipinski definition) is 2. The third-order valence-corrected chi connectivity index (χ3v) is 3.76. The van der Waals surface area contributed by atoms with Crippen molar-refractivity contribution < 1.29 is 13.9 Å². The molecule has 0 aliphatic carbocycles. The van der Waals surface area contributed by atoms with Gasteiger partial charge < -0.3 is 19.8 Å². The molecule has 2 heterocycles. The van der Waals surface area contributed by atoms with Crippen molar-refractivity contribution in [2.24, 2.45) is 0 Å². The molecule has 1 amide bonds. The third kappa shape index (κ3) is 4.83. The van der Waals surface area contributed by atoms with Crippen LogP contribution in [0.5, 0.6) is 5.75 Å². The third-order valence-electron chi connectivity index (χ3n) is 3.76. The first-order valence-corrected chi connectivity index (χ1v) is 8.24. The van der Waals surface area contributed by atoms with Crippen molar-refractivity contribution in [1.29, 1.82) is 0 Å². The minimum absolute atomic E-state index is 0.278. The normalized spacial score (nSPS) is 10.3. The second-order valence-corrected chi connectivity index (χ2v) is 5.58. The van der Waals surface area contributed by atoms with Gasteiger partial charge in [-0.05, 0) is 36.2 Å². The summed E-state index contributed by atoms with van der Waals surface area (Å²) in [6, 6.07) is 13.1. The number of methoxy groups -OCH3 is 1. The maximum Gasteiger partial charge on any atom is 0.270 e. The summed E-state index contributed by atoms with van der Waals surface area (Å²) in [5, 5.41) is 5.96. The molecule has 7 heteroatoms. The van der Waals surface area contributed by atoms with E-state index < -0.39 is 0 Å². The van der Waals surface area contributed by atoms with Crippen LogP contribution in [0.3, 0.4) is 0 Å². The molecule has 0 radical (unpaired) electrons. The fourth-order valence-electron chi connectivity index (χ4n) is 2.41. The van der Waals surface area contributed by atoms with E-state index in [0.717, 1.165) is 17.7 Å². The van der Waals surface area contributed by atoms with Crippen molar-refractivity contribution in [3.63, 3.8) is 0 Å². The number of anilines is 1. The topological polar surface area (TPSA) is 89.3 Å². The number of benzene rings is 1. The Morgan fingerprint density at radius 1 is 1.19 bits per heavy atom. The summed E-state index contributed by atoms with van der Waals surface area (Å²) < 4.78 is 10.4. The molecule has 0 saturated heterocycles. The number of rotatable bonds is 8. The van der Waals surface area contributed by atoms with Crippen LogP contribution in [0.15, 0.2) is 59.5 Å². The molecule has 7 nitrogen and oxygen atoms in total. The molecule has 0 fully saturated rings. The number of carbonyl (C=O) groups excluding carboxylic acids is 1. The molecule has 0 aliphatic heterocycles. The lowest BCUT2D eigenvalue weighted by atomic mass is 10.1. The molecule has 0 saturated carbocycles. The van der Waals surface area contributed by atoms with Crippen molar-refractivity contribution in [3.05, 3.63) is 72.1 Å². The van der Waals surface area contributed by atoms with Gasteiger partial charge in [0, 0.05) is 12.6 Å². The van der Waals surface area contributed by atoms with E-state index in [2.05, 4.69) is 20.6 Å². The summed E-state index contributed by atoms with van der Waals surface area (Å²) >= 11 is 0. The summed E-state index contributed by atoms with van der Waals surface area (Å²) in [4.78, 5) is 20.3. The molecular weight excluding hydrogens is 332 g/mol. The highest BCUT2D eigenvalue weighted by molar-refractivity contribution is 5.92.